The fraction of sp³-hybridized carbons (Fsp3) is 0.667. The summed E-state index contributed by atoms with van der Waals surface area (Å²) in [4.78, 5) is 0. The Labute approximate surface area is 123 Å². The first-order chi connectivity index (χ1) is 9.51. The topological polar surface area (TPSA) is 21.3 Å². The second kappa shape index (κ2) is 6.62. The zero-order valence-corrected chi connectivity index (χ0v) is 13.6. The molecule has 0 bridgehead atoms. The van der Waals surface area contributed by atoms with E-state index in [2.05, 4.69) is 58.1 Å². The van der Waals surface area contributed by atoms with Crippen LogP contribution in [0.15, 0.2) is 18.2 Å². The molecule has 1 fully saturated rings. The van der Waals surface area contributed by atoms with Gasteiger partial charge >= 0.3 is 0 Å². The highest BCUT2D eigenvalue weighted by molar-refractivity contribution is 5.34. The summed E-state index contributed by atoms with van der Waals surface area (Å²) in [5.74, 6) is 2.40. The van der Waals surface area contributed by atoms with E-state index in [-0.39, 0.29) is 6.10 Å². The summed E-state index contributed by atoms with van der Waals surface area (Å²) in [5.41, 5.74) is 2.63. The van der Waals surface area contributed by atoms with Crippen molar-refractivity contribution in [3.05, 3.63) is 29.3 Å². The predicted molar refractivity (Wildman–Crippen MR) is 85.4 cm³/mol. The molecule has 112 valence electrons. The van der Waals surface area contributed by atoms with Crippen molar-refractivity contribution in [3.63, 3.8) is 0 Å². The lowest BCUT2D eigenvalue weighted by Crippen LogP contribution is -2.50. The van der Waals surface area contributed by atoms with Gasteiger partial charge < -0.3 is 10.1 Å². The number of likely N-dealkylation sites (N-methyl/N-ethyl adjacent to an activating group) is 1. The number of hydrogen-bond acceptors (Lipinski definition) is 2. The van der Waals surface area contributed by atoms with Crippen LogP contribution in [-0.4, -0.2) is 18.7 Å². The molecule has 4 atom stereocenters. The molecule has 0 heterocycles. The van der Waals surface area contributed by atoms with Crippen molar-refractivity contribution in [2.75, 3.05) is 6.54 Å². The summed E-state index contributed by atoms with van der Waals surface area (Å²) < 4.78 is 6.35. The van der Waals surface area contributed by atoms with Crippen LogP contribution in [0.2, 0.25) is 0 Å². The van der Waals surface area contributed by atoms with E-state index in [4.69, 9.17) is 4.74 Å². The Kier molecular flexibility index (Phi) is 5.09. The Morgan fingerprint density at radius 1 is 1.15 bits per heavy atom. The molecule has 0 radical (unpaired) electrons. The second-order valence-corrected chi connectivity index (χ2v) is 6.55. The summed E-state index contributed by atoms with van der Waals surface area (Å²) in [7, 11) is 0. The van der Waals surface area contributed by atoms with E-state index in [9.17, 15) is 0 Å². The van der Waals surface area contributed by atoms with Crippen LogP contribution in [0.3, 0.4) is 0 Å². The molecule has 0 saturated heterocycles. The number of hydrogen-bond donors (Lipinski definition) is 1. The van der Waals surface area contributed by atoms with Gasteiger partial charge in [0.15, 0.2) is 0 Å². The van der Waals surface area contributed by atoms with Gasteiger partial charge in [-0.2, -0.15) is 0 Å². The fourth-order valence-electron chi connectivity index (χ4n) is 3.43. The first-order valence-electron chi connectivity index (χ1n) is 7.98. The molecule has 1 aliphatic rings. The van der Waals surface area contributed by atoms with Gasteiger partial charge in [-0.3, -0.25) is 0 Å². The number of nitrogens with one attached hydrogen (secondary N) is 1. The lowest BCUT2D eigenvalue weighted by atomic mass is 9.78. The molecule has 0 aliphatic heterocycles. The quantitative estimate of drug-likeness (QED) is 0.893. The summed E-state index contributed by atoms with van der Waals surface area (Å²) in [6, 6.07) is 6.91. The van der Waals surface area contributed by atoms with Crippen molar-refractivity contribution in [3.8, 4) is 5.75 Å². The van der Waals surface area contributed by atoms with Crippen LogP contribution in [0.1, 0.15) is 44.7 Å². The maximum Gasteiger partial charge on any atom is 0.120 e. The highest BCUT2D eigenvalue weighted by Crippen LogP contribution is 2.32. The minimum absolute atomic E-state index is 0.285. The summed E-state index contributed by atoms with van der Waals surface area (Å²) in [5, 5.41) is 3.62. The minimum Gasteiger partial charge on any atom is -0.489 e. The summed E-state index contributed by atoms with van der Waals surface area (Å²) in [6.45, 7) is 12.2. The molecule has 0 amide bonds. The Morgan fingerprint density at radius 3 is 2.55 bits per heavy atom. The number of aryl methyl sites for hydroxylation is 2. The highest BCUT2D eigenvalue weighted by atomic mass is 16.5. The standard InChI is InChI=1S/C18H29NO/c1-6-19-17-10-12(2)9-15(5)18(17)20-16-8-7-13(3)14(4)11-16/h7-8,11-12,15,17-19H,6,9-10H2,1-5H3. The molecular formula is C18H29NO. The van der Waals surface area contributed by atoms with Gasteiger partial charge in [0.05, 0.1) is 0 Å². The Hall–Kier alpha value is -1.02. The van der Waals surface area contributed by atoms with Crippen LogP contribution in [0.4, 0.5) is 0 Å². The molecule has 2 heteroatoms. The normalized spacial score (nSPS) is 30.2. The van der Waals surface area contributed by atoms with Gasteiger partial charge in [-0.25, -0.2) is 0 Å². The van der Waals surface area contributed by atoms with Gasteiger partial charge in [-0.15, -0.1) is 0 Å². The van der Waals surface area contributed by atoms with Crippen LogP contribution in [0.25, 0.3) is 0 Å². The molecule has 0 aromatic heterocycles. The molecule has 2 nitrogen and oxygen atoms in total. The van der Waals surface area contributed by atoms with Gasteiger partial charge in [0.25, 0.3) is 0 Å². The summed E-state index contributed by atoms with van der Waals surface area (Å²) in [6.07, 6.45) is 2.76. The first-order valence-corrected chi connectivity index (χ1v) is 7.98. The zero-order valence-electron chi connectivity index (χ0n) is 13.6. The van der Waals surface area contributed by atoms with Crippen LogP contribution in [0.5, 0.6) is 5.75 Å². The van der Waals surface area contributed by atoms with Crippen molar-refractivity contribution in [1.82, 2.24) is 5.32 Å². The second-order valence-electron chi connectivity index (χ2n) is 6.55. The van der Waals surface area contributed by atoms with E-state index in [1.54, 1.807) is 0 Å². The minimum atomic E-state index is 0.285. The van der Waals surface area contributed by atoms with Crippen LogP contribution >= 0.6 is 0 Å². The third-order valence-corrected chi connectivity index (χ3v) is 4.60. The van der Waals surface area contributed by atoms with Gasteiger partial charge in [-0.05, 0) is 68.3 Å². The Balaban J connectivity index is 2.13. The van der Waals surface area contributed by atoms with Crippen LogP contribution in [0, 0.1) is 25.7 Å². The van der Waals surface area contributed by atoms with E-state index in [1.807, 2.05) is 0 Å². The monoisotopic (exact) mass is 275 g/mol. The van der Waals surface area contributed by atoms with Crippen molar-refractivity contribution in [2.45, 2.75) is 59.6 Å². The molecule has 1 N–H and O–H groups in total. The maximum atomic E-state index is 6.35. The predicted octanol–water partition coefficient (Wildman–Crippen LogP) is 4.09. The van der Waals surface area contributed by atoms with E-state index >= 15 is 0 Å². The van der Waals surface area contributed by atoms with Crippen LogP contribution in [-0.2, 0) is 0 Å². The lowest BCUT2D eigenvalue weighted by molar-refractivity contribution is 0.0483. The average Bonchev–Trinajstić information content (AvgIpc) is 2.38. The Morgan fingerprint density at radius 2 is 1.90 bits per heavy atom. The number of benzene rings is 1. The van der Waals surface area contributed by atoms with Crippen molar-refractivity contribution < 1.29 is 4.74 Å². The molecule has 1 saturated carbocycles. The van der Waals surface area contributed by atoms with Crippen molar-refractivity contribution in [2.24, 2.45) is 11.8 Å². The van der Waals surface area contributed by atoms with E-state index in [1.165, 1.54) is 24.0 Å². The van der Waals surface area contributed by atoms with Gasteiger partial charge in [0.2, 0.25) is 0 Å². The van der Waals surface area contributed by atoms with Crippen molar-refractivity contribution >= 4 is 0 Å². The van der Waals surface area contributed by atoms with Gasteiger partial charge in [-0.1, -0.05) is 26.8 Å². The van der Waals surface area contributed by atoms with E-state index < -0.39 is 0 Å². The van der Waals surface area contributed by atoms with E-state index in [0.29, 0.717) is 12.0 Å². The number of rotatable bonds is 4. The smallest absolute Gasteiger partial charge is 0.120 e. The molecule has 4 unspecified atom stereocenters. The SMILES string of the molecule is CCNC1CC(C)CC(C)C1Oc1ccc(C)c(C)c1. The molecule has 2 rings (SSSR count). The fourth-order valence-corrected chi connectivity index (χ4v) is 3.43. The maximum absolute atomic E-state index is 6.35. The highest BCUT2D eigenvalue weighted by Gasteiger charge is 2.35. The molecule has 1 aromatic carbocycles. The third kappa shape index (κ3) is 3.54. The van der Waals surface area contributed by atoms with Gasteiger partial charge in [0, 0.05) is 6.04 Å². The zero-order chi connectivity index (χ0) is 14.7. The lowest BCUT2D eigenvalue weighted by Gasteiger charge is -2.40. The van der Waals surface area contributed by atoms with E-state index in [0.717, 1.165) is 18.2 Å². The molecule has 1 aromatic rings. The molecule has 0 spiro atoms. The average molecular weight is 275 g/mol. The largest absolute Gasteiger partial charge is 0.489 e. The molecule has 1 aliphatic carbocycles. The van der Waals surface area contributed by atoms with Gasteiger partial charge in [0.1, 0.15) is 11.9 Å². The number of ether oxygens (including phenoxy) is 1. The molecule has 20 heavy (non-hydrogen) atoms. The third-order valence-electron chi connectivity index (χ3n) is 4.60. The first kappa shape index (κ1) is 15.4. The Bertz CT molecular complexity index is 443. The summed E-state index contributed by atoms with van der Waals surface area (Å²) >= 11 is 0. The van der Waals surface area contributed by atoms with Crippen molar-refractivity contribution in [1.29, 1.82) is 0 Å². The van der Waals surface area contributed by atoms with Crippen LogP contribution < -0.4 is 10.1 Å². The molecular weight excluding hydrogens is 246 g/mol.